The first-order chi connectivity index (χ1) is 48.7. The molecule has 3 aromatic heterocycles. The molecule has 33 heteroatoms. The first-order valence-electron chi connectivity index (χ1n) is 29.8. The molecule has 105 heavy (non-hydrogen) atoms. The Kier molecular flexibility index (Phi) is 18.6. The second kappa shape index (κ2) is 26.4. The van der Waals surface area contributed by atoms with Crippen LogP contribution in [0.3, 0.4) is 0 Å². The van der Waals surface area contributed by atoms with Gasteiger partial charge < -0.3 is 9.97 Å². The molecule has 8 bridgehead atoms. The average Bonchev–Trinajstić information content (AvgIpc) is 1.59. The van der Waals surface area contributed by atoms with E-state index in [1.54, 1.807) is 0 Å². The summed E-state index contributed by atoms with van der Waals surface area (Å²) in [7, 11) is 0. The summed E-state index contributed by atoms with van der Waals surface area (Å²) < 4.78 is 380. The second-order valence-corrected chi connectivity index (χ2v) is 23.0. The molecule has 8 nitrogen and oxygen atoms in total. The van der Waals surface area contributed by atoms with Crippen molar-refractivity contribution >= 4 is 67.9 Å². The van der Waals surface area contributed by atoms with Gasteiger partial charge in [-0.3, -0.25) is 9.97 Å². The van der Waals surface area contributed by atoms with Crippen molar-refractivity contribution in [1.29, 1.82) is 0 Å². The maximum absolute atomic E-state index is 15.8. The predicted octanol–water partition coefficient (Wildman–Crippen LogP) is 20.4. The zero-order valence-electron chi connectivity index (χ0n) is 51.9. The van der Waals surface area contributed by atoms with Crippen molar-refractivity contribution in [1.82, 2.24) is 29.9 Å². The third-order valence-corrected chi connectivity index (χ3v) is 16.6. The Morgan fingerprint density at radius 3 is 0.486 bits per heavy atom. The number of H-pyrrole nitrogens is 2. The summed E-state index contributed by atoms with van der Waals surface area (Å²) in [6.07, 6.45) is -44.9. The van der Waals surface area contributed by atoms with Gasteiger partial charge in [-0.25, -0.2) is 4.98 Å². The SMILES string of the molecule is FC(F)(F)c1ccccc1C1=C(c2ccccc2C(F)(F)F)c2nc3[n-]c(nc4[nH+]c(nc5[n-]c(nc1[nH+]2)c(-c1ccccc1C(F)(F)F)c5-c1ccccc1C(F)(F)F)C(c1ccccc1C(F)(F)F)=C4c1ccccc1C(F)(F)F)c(-c1ccccc1C(F)(F)F)c3-c1ccccc1C(F)(F)F.[Mg+2]. The maximum atomic E-state index is 15.8. The van der Waals surface area contributed by atoms with E-state index < -0.39 is 229 Å². The van der Waals surface area contributed by atoms with E-state index in [-0.39, 0.29) is 23.1 Å². The number of halogens is 24. The number of aromatic amines is 2. The monoisotopic (exact) mass is 1490 g/mol. The molecule has 2 aliphatic heterocycles. The van der Waals surface area contributed by atoms with Crippen LogP contribution in [0.25, 0.3) is 89.4 Å². The summed E-state index contributed by atoms with van der Waals surface area (Å²) in [4.78, 5) is 31.0. The summed E-state index contributed by atoms with van der Waals surface area (Å²) in [6.45, 7) is 0. The summed E-state index contributed by atoms with van der Waals surface area (Å²) in [6, 6.07) is 21.1. The van der Waals surface area contributed by atoms with Gasteiger partial charge >= 0.3 is 72.5 Å². The van der Waals surface area contributed by atoms with Crippen molar-refractivity contribution in [3.05, 3.63) is 284 Å². The number of alkyl halides is 24. The second-order valence-electron chi connectivity index (χ2n) is 23.0. The molecule has 0 radical (unpaired) electrons. The van der Waals surface area contributed by atoms with Crippen LogP contribution >= 0.6 is 0 Å². The fraction of sp³-hybridized carbons (Fsp3) is 0.111. The molecule has 5 heterocycles. The molecule has 0 atom stereocenters. The predicted molar refractivity (Wildman–Crippen MR) is 331 cm³/mol. The molecule has 11 aromatic rings. The number of rotatable bonds is 8. The first-order valence-corrected chi connectivity index (χ1v) is 29.8. The number of nitrogens with one attached hydrogen (secondary N) is 2. The normalized spacial score (nSPS) is 13.6. The Morgan fingerprint density at radius 2 is 0.333 bits per heavy atom. The van der Waals surface area contributed by atoms with Gasteiger partial charge in [0.05, 0.1) is 61.2 Å². The summed E-state index contributed by atoms with van der Waals surface area (Å²) in [5, 5.41) is 0. The fourth-order valence-corrected chi connectivity index (χ4v) is 12.6. The van der Waals surface area contributed by atoms with E-state index in [2.05, 4.69) is 39.9 Å². The third-order valence-electron chi connectivity index (χ3n) is 16.6. The van der Waals surface area contributed by atoms with Crippen molar-refractivity contribution in [3.8, 4) is 44.5 Å². The molecular formula is C72H34F24MgN8+2. The molecule has 0 fully saturated rings. The van der Waals surface area contributed by atoms with E-state index in [1.165, 1.54) is 0 Å². The Hall–Kier alpha value is -10.8. The fourth-order valence-electron chi connectivity index (χ4n) is 12.6. The van der Waals surface area contributed by atoms with Crippen LogP contribution in [0.2, 0.25) is 0 Å². The van der Waals surface area contributed by atoms with E-state index in [4.69, 9.17) is 0 Å². The van der Waals surface area contributed by atoms with Gasteiger partial charge in [0.25, 0.3) is 17.5 Å². The van der Waals surface area contributed by atoms with Gasteiger partial charge in [-0.05, 0) is 76.3 Å². The molecule has 2 aliphatic rings. The standard InChI is InChI=1S/C72H32F24N8.Mg/c73-65(74,75)41-25-9-1-17-33(41)49-50(34-18-2-10-26-42(34)66(76,77)78)58-97-57(49)101-59-51(35-19-3-11-27-43(35)67(79,80)81)52(36-20-4-12-28-44(36)68(82,83)84)61(98-59)103-63-55(39-23-7-15-31-47(39)71(91,92)93)56(40-24-8-16-32-48(40)72(94,95)96)64(100-63)104-62-54(38-22-6-14-30-46(38)70(88,89)90)53(60(99-62)102-58)37-21-5-13-29-45(37)69(85,86)87;/h1-32H;/q-2;+2/p+2. The minimum absolute atomic E-state index is 0. The van der Waals surface area contributed by atoms with Crippen LogP contribution in [0.5, 0.6) is 0 Å². The van der Waals surface area contributed by atoms with Crippen LogP contribution in [0, 0.1) is 0 Å². The Morgan fingerprint density at radius 1 is 0.200 bits per heavy atom. The Balaban J connectivity index is 0.0000104. The van der Waals surface area contributed by atoms with Crippen molar-refractivity contribution < 1.29 is 115 Å². The molecule has 0 spiro atoms. The summed E-state index contributed by atoms with van der Waals surface area (Å²) >= 11 is 0. The number of aromatic nitrogens is 8. The topological polar surface area (TPSA) is 108 Å². The van der Waals surface area contributed by atoms with E-state index in [0.29, 0.717) is 97.1 Å². The van der Waals surface area contributed by atoms with Crippen LogP contribution in [-0.4, -0.2) is 43.0 Å². The molecular weight excluding hydrogens is 1460 g/mol. The van der Waals surface area contributed by atoms with E-state index >= 15 is 105 Å². The van der Waals surface area contributed by atoms with Gasteiger partial charge in [0, 0.05) is 50.2 Å². The maximum Gasteiger partial charge on any atom is 2.00 e. The zero-order chi connectivity index (χ0) is 74.8. The molecule has 13 rings (SSSR count). The quantitative estimate of drug-likeness (QED) is 0.111. The molecule has 530 valence electrons. The van der Waals surface area contributed by atoms with Crippen molar-refractivity contribution in [2.24, 2.45) is 0 Å². The molecule has 0 amide bonds. The molecule has 8 aromatic carbocycles. The smallest absolute Gasteiger partial charge is 0.331 e. The minimum Gasteiger partial charge on any atom is -0.331 e. The molecule has 0 saturated heterocycles. The van der Waals surface area contributed by atoms with Gasteiger partial charge in [0.1, 0.15) is 5.82 Å². The summed E-state index contributed by atoms with van der Waals surface area (Å²) in [5.41, 5.74) is -39.8. The number of hydrogen-bond acceptors (Lipinski definition) is 4. The third kappa shape index (κ3) is 13.8. The van der Waals surface area contributed by atoms with Crippen LogP contribution in [0.4, 0.5) is 105 Å². The number of hydrogen-bond donors (Lipinski definition) is 0. The average molecular weight is 1490 g/mol. The van der Waals surface area contributed by atoms with E-state index in [0.717, 1.165) is 97.1 Å². The van der Waals surface area contributed by atoms with Gasteiger partial charge in [0.15, 0.2) is 16.9 Å². The first kappa shape index (κ1) is 73.9. The summed E-state index contributed by atoms with van der Waals surface area (Å²) in [5.74, 6) is -5.30. The molecule has 0 unspecified atom stereocenters. The molecule has 2 N–H and O–H groups in total. The van der Waals surface area contributed by atoms with Gasteiger partial charge in [0.2, 0.25) is 0 Å². The van der Waals surface area contributed by atoms with Crippen LogP contribution < -0.4 is 19.9 Å². The van der Waals surface area contributed by atoms with E-state index in [9.17, 15) is 0 Å². The number of nitrogens with zero attached hydrogens (tertiary/aromatic N) is 6. The van der Waals surface area contributed by atoms with Gasteiger partial charge in [-0.2, -0.15) is 105 Å². The van der Waals surface area contributed by atoms with E-state index in [1.807, 2.05) is 0 Å². The number of benzene rings is 8. The van der Waals surface area contributed by atoms with Crippen LogP contribution in [-0.2, 0) is 49.4 Å². The zero-order valence-corrected chi connectivity index (χ0v) is 53.4. The molecule has 0 saturated carbocycles. The minimum atomic E-state index is -5.61. The van der Waals surface area contributed by atoms with Crippen molar-refractivity contribution in [2.45, 2.75) is 49.4 Å². The van der Waals surface area contributed by atoms with Gasteiger partial charge in [-0.1, -0.05) is 161 Å². The Labute approximate surface area is 588 Å². The largest absolute Gasteiger partial charge is 2.00 e. The number of fused-ring (bicyclic) bond motifs is 8. The van der Waals surface area contributed by atoms with Gasteiger partial charge in [-0.15, -0.1) is 0 Å². The molecule has 0 aliphatic carbocycles. The van der Waals surface area contributed by atoms with Crippen LogP contribution in [0.1, 0.15) is 90.1 Å². The van der Waals surface area contributed by atoms with Crippen LogP contribution in [0.15, 0.2) is 194 Å². The van der Waals surface area contributed by atoms with Crippen molar-refractivity contribution in [3.63, 3.8) is 0 Å². The Bertz CT molecular complexity index is 4870. The van der Waals surface area contributed by atoms with Crippen molar-refractivity contribution in [2.75, 3.05) is 0 Å².